The normalized spacial score (nSPS) is 11.9. The average Bonchev–Trinajstić information content (AvgIpc) is 2.60. The van der Waals surface area contributed by atoms with Crippen LogP contribution in [-0.2, 0) is 0 Å². The Hall–Kier alpha value is -1.55. The molecule has 0 atom stereocenters. The number of nitrogens with one attached hydrogen (secondary N) is 2. The number of benzene rings is 1. The van der Waals surface area contributed by atoms with Crippen molar-refractivity contribution < 1.29 is 0 Å². The zero-order valence-corrected chi connectivity index (χ0v) is 9.04. The summed E-state index contributed by atoms with van der Waals surface area (Å²) in [6.07, 6.45) is 1.70. The lowest BCUT2D eigenvalue weighted by Gasteiger charge is -2.19. The molecule has 0 fully saturated rings. The number of aromatic amines is 1. The smallest absolute Gasteiger partial charge is 0.0931 e. The van der Waals surface area contributed by atoms with Crippen molar-refractivity contribution in [1.29, 1.82) is 0 Å². The van der Waals surface area contributed by atoms with Gasteiger partial charge in [-0.05, 0) is 32.0 Å². The predicted octanol–water partition coefficient (Wildman–Crippen LogP) is 1.71. The lowest BCUT2D eigenvalue weighted by atomic mass is 10.1. The lowest BCUT2D eigenvalue weighted by Crippen LogP contribution is -2.39. The summed E-state index contributed by atoms with van der Waals surface area (Å²) in [5, 5.41) is 3.29. The molecule has 0 saturated carbocycles. The van der Waals surface area contributed by atoms with Gasteiger partial charge < -0.3 is 16.0 Å². The zero-order valence-electron chi connectivity index (χ0n) is 9.04. The lowest BCUT2D eigenvalue weighted by molar-refractivity contribution is 0.549. The van der Waals surface area contributed by atoms with Gasteiger partial charge in [0.25, 0.3) is 0 Å². The minimum Gasteiger partial charge on any atom is -0.383 e. The fourth-order valence-electron chi connectivity index (χ4n) is 1.38. The quantitative estimate of drug-likeness (QED) is 0.713. The molecule has 1 aromatic carbocycles. The van der Waals surface area contributed by atoms with Gasteiger partial charge in [0.2, 0.25) is 0 Å². The molecule has 4 N–H and O–H groups in total. The number of hydrogen-bond acceptors (Lipinski definition) is 3. The van der Waals surface area contributed by atoms with Crippen molar-refractivity contribution in [3.8, 4) is 0 Å². The van der Waals surface area contributed by atoms with Crippen molar-refractivity contribution in [2.24, 2.45) is 5.73 Å². The Balaban J connectivity index is 2.15. The summed E-state index contributed by atoms with van der Waals surface area (Å²) in [6, 6.07) is 6.03. The van der Waals surface area contributed by atoms with E-state index in [-0.39, 0.29) is 5.54 Å². The van der Waals surface area contributed by atoms with E-state index < -0.39 is 0 Å². The number of fused-ring (bicyclic) bond motifs is 1. The van der Waals surface area contributed by atoms with Gasteiger partial charge in [-0.2, -0.15) is 0 Å². The van der Waals surface area contributed by atoms with Crippen LogP contribution in [0.2, 0.25) is 0 Å². The molecule has 4 nitrogen and oxygen atoms in total. The summed E-state index contributed by atoms with van der Waals surface area (Å²) in [5.74, 6) is 0. The highest BCUT2D eigenvalue weighted by Gasteiger charge is 2.09. The molecular formula is C11H16N4. The highest BCUT2D eigenvalue weighted by atomic mass is 14.9. The van der Waals surface area contributed by atoms with Gasteiger partial charge in [0.05, 0.1) is 17.4 Å². The molecule has 0 radical (unpaired) electrons. The van der Waals surface area contributed by atoms with Crippen molar-refractivity contribution in [3.05, 3.63) is 24.5 Å². The van der Waals surface area contributed by atoms with Crippen LogP contribution in [0, 0.1) is 0 Å². The summed E-state index contributed by atoms with van der Waals surface area (Å²) < 4.78 is 0. The third-order valence-electron chi connectivity index (χ3n) is 2.17. The van der Waals surface area contributed by atoms with Crippen molar-refractivity contribution in [1.82, 2.24) is 9.97 Å². The number of imidazole rings is 1. The second-order valence-corrected chi connectivity index (χ2v) is 4.48. The van der Waals surface area contributed by atoms with E-state index in [1.165, 1.54) is 0 Å². The molecule has 1 heterocycles. The third-order valence-corrected chi connectivity index (χ3v) is 2.17. The van der Waals surface area contributed by atoms with E-state index >= 15 is 0 Å². The molecule has 1 aromatic heterocycles. The molecule has 0 amide bonds. The van der Waals surface area contributed by atoms with Crippen LogP contribution in [0.4, 0.5) is 5.69 Å². The van der Waals surface area contributed by atoms with Crippen LogP contribution in [0.15, 0.2) is 24.5 Å². The van der Waals surface area contributed by atoms with Gasteiger partial charge in [-0.15, -0.1) is 0 Å². The summed E-state index contributed by atoms with van der Waals surface area (Å²) in [4.78, 5) is 7.24. The van der Waals surface area contributed by atoms with E-state index in [9.17, 15) is 0 Å². The first-order valence-corrected chi connectivity index (χ1v) is 5.00. The van der Waals surface area contributed by atoms with Crippen LogP contribution in [0.5, 0.6) is 0 Å². The monoisotopic (exact) mass is 204 g/mol. The molecule has 2 rings (SSSR count). The maximum atomic E-state index is 5.89. The van der Waals surface area contributed by atoms with E-state index in [0.29, 0.717) is 0 Å². The van der Waals surface area contributed by atoms with E-state index in [1.807, 2.05) is 32.0 Å². The molecule has 2 aromatic rings. The predicted molar refractivity (Wildman–Crippen MR) is 62.8 cm³/mol. The summed E-state index contributed by atoms with van der Waals surface area (Å²) >= 11 is 0. The van der Waals surface area contributed by atoms with E-state index in [1.54, 1.807) is 6.33 Å². The number of H-pyrrole nitrogens is 1. The largest absolute Gasteiger partial charge is 0.383 e. The SMILES string of the molecule is CC(C)(N)CNc1ccc2nc[nH]c2c1. The number of anilines is 1. The number of rotatable bonds is 3. The fraction of sp³-hybridized carbons (Fsp3) is 0.364. The second-order valence-electron chi connectivity index (χ2n) is 4.48. The van der Waals surface area contributed by atoms with Crippen molar-refractivity contribution in [2.45, 2.75) is 19.4 Å². The van der Waals surface area contributed by atoms with Crippen molar-refractivity contribution in [3.63, 3.8) is 0 Å². The van der Waals surface area contributed by atoms with Crippen LogP contribution in [0.1, 0.15) is 13.8 Å². The van der Waals surface area contributed by atoms with Gasteiger partial charge in [-0.3, -0.25) is 0 Å². The molecular weight excluding hydrogens is 188 g/mol. The molecule has 0 unspecified atom stereocenters. The maximum absolute atomic E-state index is 5.89. The van der Waals surface area contributed by atoms with Crippen LogP contribution in [0.3, 0.4) is 0 Å². The Morgan fingerprint density at radius 3 is 3.00 bits per heavy atom. The first kappa shape index (κ1) is 9.98. The molecule has 0 spiro atoms. The third kappa shape index (κ3) is 2.47. The summed E-state index contributed by atoms with van der Waals surface area (Å²) in [5.41, 5.74) is 8.76. The standard InChI is InChI=1S/C11H16N4/c1-11(2,12)6-13-8-3-4-9-10(5-8)15-7-14-9/h3-5,7,13H,6,12H2,1-2H3,(H,14,15). The molecule has 0 saturated heterocycles. The zero-order chi connectivity index (χ0) is 10.9. The maximum Gasteiger partial charge on any atom is 0.0931 e. The minimum atomic E-state index is -0.205. The fourth-order valence-corrected chi connectivity index (χ4v) is 1.38. The number of nitrogens with two attached hydrogens (primary N) is 1. The molecule has 0 aliphatic rings. The molecule has 80 valence electrons. The van der Waals surface area contributed by atoms with Crippen LogP contribution >= 0.6 is 0 Å². The van der Waals surface area contributed by atoms with E-state index in [4.69, 9.17) is 5.73 Å². The summed E-state index contributed by atoms with van der Waals surface area (Å²) in [7, 11) is 0. The van der Waals surface area contributed by atoms with Gasteiger partial charge in [0, 0.05) is 17.8 Å². The van der Waals surface area contributed by atoms with E-state index in [0.717, 1.165) is 23.3 Å². The Morgan fingerprint density at radius 2 is 2.27 bits per heavy atom. The van der Waals surface area contributed by atoms with E-state index in [2.05, 4.69) is 15.3 Å². The Morgan fingerprint density at radius 1 is 1.47 bits per heavy atom. The van der Waals surface area contributed by atoms with Crippen LogP contribution in [0.25, 0.3) is 11.0 Å². The molecule has 0 aliphatic carbocycles. The van der Waals surface area contributed by atoms with Gasteiger partial charge in [-0.1, -0.05) is 0 Å². The van der Waals surface area contributed by atoms with Gasteiger partial charge in [0.1, 0.15) is 0 Å². The van der Waals surface area contributed by atoms with Gasteiger partial charge in [0.15, 0.2) is 0 Å². The van der Waals surface area contributed by atoms with Crippen LogP contribution in [-0.4, -0.2) is 22.1 Å². The molecule has 0 bridgehead atoms. The Bertz CT molecular complexity index is 453. The minimum absolute atomic E-state index is 0.205. The highest BCUT2D eigenvalue weighted by molar-refractivity contribution is 5.78. The molecule has 4 heteroatoms. The van der Waals surface area contributed by atoms with Gasteiger partial charge in [-0.25, -0.2) is 4.98 Å². The second kappa shape index (κ2) is 3.55. The number of hydrogen-bond donors (Lipinski definition) is 3. The molecule has 15 heavy (non-hydrogen) atoms. The Kier molecular flexibility index (Phi) is 2.36. The summed E-state index contributed by atoms with van der Waals surface area (Å²) in [6.45, 7) is 4.73. The Labute approximate surface area is 88.9 Å². The average molecular weight is 204 g/mol. The van der Waals surface area contributed by atoms with Crippen LogP contribution < -0.4 is 11.1 Å². The first-order valence-electron chi connectivity index (χ1n) is 5.00. The highest BCUT2D eigenvalue weighted by Crippen LogP contribution is 2.15. The molecule has 0 aliphatic heterocycles. The van der Waals surface area contributed by atoms with Gasteiger partial charge >= 0.3 is 0 Å². The number of nitrogens with zero attached hydrogens (tertiary/aromatic N) is 1. The van der Waals surface area contributed by atoms with Crippen molar-refractivity contribution in [2.75, 3.05) is 11.9 Å². The topological polar surface area (TPSA) is 66.7 Å². The number of aromatic nitrogens is 2. The van der Waals surface area contributed by atoms with Crippen molar-refractivity contribution >= 4 is 16.7 Å². The first-order chi connectivity index (χ1) is 7.04.